The largest absolute Gasteiger partial charge is 0.392 e. The Morgan fingerprint density at radius 3 is 2.81 bits per heavy atom. The summed E-state index contributed by atoms with van der Waals surface area (Å²) in [5, 5.41) is 22.5. The third kappa shape index (κ3) is 3.39. The van der Waals surface area contributed by atoms with Gasteiger partial charge in [0, 0.05) is 17.1 Å². The number of nitrogen functional groups attached to an aromatic ring is 1. The smallest absolute Gasteiger partial charge is 0.163 e. The van der Waals surface area contributed by atoms with Crippen LogP contribution in [0.15, 0.2) is 36.8 Å². The standard InChI is InChI=1S/C22H25ClN4O4/c1-22(2)30-18-15(17(29)13-4-3-12(23)7-11(13)9-28)8-16(19(18)31-22)27-6-5-14-20(24)25-10-26-21(14)27/h3-7,10,15-19,28-29H,8-9H2,1-2H3,(H2,24,25,26)/t15-,16-,17-,18-,19+/m1/s1. The van der Waals surface area contributed by atoms with Gasteiger partial charge in [-0.3, -0.25) is 0 Å². The fraction of sp³-hybridized carbons (Fsp3) is 0.455. The summed E-state index contributed by atoms with van der Waals surface area (Å²) in [5.41, 5.74) is 7.99. The number of aliphatic hydroxyl groups is 2. The van der Waals surface area contributed by atoms with Crippen LogP contribution in [0.2, 0.25) is 5.02 Å². The maximum Gasteiger partial charge on any atom is 0.163 e. The first-order valence-corrected chi connectivity index (χ1v) is 10.7. The molecule has 2 aromatic heterocycles. The second-order valence-electron chi connectivity index (χ2n) is 8.70. The van der Waals surface area contributed by atoms with Crippen LogP contribution >= 0.6 is 11.6 Å². The van der Waals surface area contributed by atoms with E-state index in [1.165, 1.54) is 6.33 Å². The van der Waals surface area contributed by atoms with Crippen LogP contribution in [0, 0.1) is 5.92 Å². The Hall–Kier alpha value is -2.23. The van der Waals surface area contributed by atoms with Gasteiger partial charge in [-0.2, -0.15) is 0 Å². The first kappa shape index (κ1) is 20.7. The molecule has 8 nitrogen and oxygen atoms in total. The number of aromatic nitrogens is 3. The van der Waals surface area contributed by atoms with E-state index >= 15 is 0 Å². The molecule has 3 heterocycles. The molecule has 1 aliphatic heterocycles. The van der Waals surface area contributed by atoms with E-state index in [0.717, 1.165) is 11.0 Å². The second-order valence-corrected chi connectivity index (χ2v) is 9.13. The fourth-order valence-electron chi connectivity index (χ4n) is 5.06. The molecular formula is C22H25ClN4O4. The van der Waals surface area contributed by atoms with E-state index in [9.17, 15) is 10.2 Å². The number of rotatable bonds is 4. The number of aliphatic hydroxyl groups excluding tert-OH is 2. The van der Waals surface area contributed by atoms with Gasteiger partial charge in [-0.1, -0.05) is 17.7 Å². The Morgan fingerprint density at radius 1 is 1.26 bits per heavy atom. The van der Waals surface area contributed by atoms with Gasteiger partial charge >= 0.3 is 0 Å². The van der Waals surface area contributed by atoms with Gasteiger partial charge in [-0.25, -0.2) is 9.97 Å². The van der Waals surface area contributed by atoms with Gasteiger partial charge in [-0.15, -0.1) is 0 Å². The summed E-state index contributed by atoms with van der Waals surface area (Å²) < 4.78 is 14.6. The van der Waals surface area contributed by atoms with E-state index in [0.29, 0.717) is 28.4 Å². The van der Waals surface area contributed by atoms with Crippen molar-refractivity contribution in [1.82, 2.24) is 14.5 Å². The van der Waals surface area contributed by atoms with Crippen molar-refractivity contribution in [3.63, 3.8) is 0 Å². The molecule has 0 bridgehead atoms. The molecule has 5 rings (SSSR count). The summed E-state index contributed by atoms with van der Waals surface area (Å²) >= 11 is 6.08. The third-order valence-electron chi connectivity index (χ3n) is 6.38. The zero-order chi connectivity index (χ0) is 21.9. The second kappa shape index (κ2) is 7.43. The number of ether oxygens (including phenoxy) is 2. The van der Waals surface area contributed by atoms with Gasteiger partial charge in [-0.05, 0) is 49.6 Å². The minimum Gasteiger partial charge on any atom is -0.392 e. The fourth-order valence-corrected chi connectivity index (χ4v) is 5.26. The third-order valence-corrected chi connectivity index (χ3v) is 6.61. The molecule has 31 heavy (non-hydrogen) atoms. The van der Waals surface area contributed by atoms with Crippen molar-refractivity contribution in [3.8, 4) is 0 Å². The highest BCUT2D eigenvalue weighted by Crippen LogP contribution is 2.51. The highest BCUT2D eigenvalue weighted by molar-refractivity contribution is 6.30. The lowest BCUT2D eigenvalue weighted by Gasteiger charge is -2.27. The van der Waals surface area contributed by atoms with E-state index in [-0.39, 0.29) is 30.8 Å². The molecule has 0 unspecified atom stereocenters. The summed E-state index contributed by atoms with van der Waals surface area (Å²) in [7, 11) is 0. The summed E-state index contributed by atoms with van der Waals surface area (Å²) in [6, 6.07) is 6.95. The quantitative estimate of drug-likeness (QED) is 0.566. The number of anilines is 1. The summed E-state index contributed by atoms with van der Waals surface area (Å²) in [6.45, 7) is 3.54. The van der Waals surface area contributed by atoms with Crippen LogP contribution in [-0.4, -0.2) is 42.7 Å². The van der Waals surface area contributed by atoms with Crippen molar-refractivity contribution in [2.75, 3.05) is 5.73 Å². The molecule has 9 heteroatoms. The predicted octanol–water partition coefficient (Wildman–Crippen LogP) is 2.97. The molecule has 5 atom stereocenters. The van der Waals surface area contributed by atoms with Gasteiger partial charge in [0.2, 0.25) is 0 Å². The van der Waals surface area contributed by atoms with Crippen LogP contribution in [0.25, 0.3) is 11.0 Å². The van der Waals surface area contributed by atoms with Crippen LogP contribution < -0.4 is 5.73 Å². The van der Waals surface area contributed by atoms with Gasteiger partial charge < -0.3 is 30.0 Å². The van der Waals surface area contributed by atoms with Gasteiger partial charge in [0.25, 0.3) is 0 Å². The molecule has 3 aromatic rings. The van der Waals surface area contributed by atoms with Crippen LogP contribution in [-0.2, 0) is 16.1 Å². The zero-order valence-corrected chi connectivity index (χ0v) is 18.0. The first-order chi connectivity index (χ1) is 14.8. The summed E-state index contributed by atoms with van der Waals surface area (Å²) in [5.74, 6) is -0.601. The molecule has 1 aliphatic carbocycles. The van der Waals surface area contributed by atoms with Crippen molar-refractivity contribution < 1.29 is 19.7 Å². The van der Waals surface area contributed by atoms with Crippen LogP contribution in [0.1, 0.15) is 43.5 Å². The van der Waals surface area contributed by atoms with E-state index < -0.39 is 11.9 Å². The van der Waals surface area contributed by atoms with E-state index in [1.807, 2.05) is 30.7 Å². The van der Waals surface area contributed by atoms with E-state index in [2.05, 4.69) is 9.97 Å². The lowest BCUT2D eigenvalue weighted by molar-refractivity contribution is -0.165. The Balaban J connectivity index is 1.55. The Morgan fingerprint density at radius 2 is 2.03 bits per heavy atom. The molecule has 0 radical (unpaired) electrons. The predicted molar refractivity (Wildman–Crippen MR) is 115 cm³/mol. The van der Waals surface area contributed by atoms with Crippen molar-refractivity contribution in [2.45, 2.75) is 57.0 Å². The Kier molecular flexibility index (Phi) is 4.95. The van der Waals surface area contributed by atoms with Crippen LogP contribution in [0.5, 0.6) is 0 Å². The molecule has 1 aromatic carbocycles. The lowest BCUT2D eigenvalue weighted by Crippen LogP contribution is -2.29. The highest BCUT2D eigenvalue weighted by Gasteiger charge is 2.56. The van der Waals surface area contributed by atoms with Gasteiger partial charge in [0.05, 0.1) is 30.2 Å². The average Bonchev–Trinajstić information content (AvgIpc) is 3.38. The number of benzene rings is 1. The molecule has 0 amide bonds. The summed E-state index contributed by atoms with van der Waals surface area (Å²) in [6.07, 6.45) is 2.54. The van der Waals surface area contributed by atoms with Crippen LogP contribution in [0.4, 0.5) is 5.82 Å². The Bertz CT molecular complexity index is 1130. The van der Waals surface area contributed by atoms with Crippen molar-refractivity contribution in [1.29, 1.82) is 0 Å². The van der Waals surface area contributed by atoms with Crippen molar-refractivity contribution >= 4 is 28.5 Å². The molecule has 164 valence electrons. The molecule has 2 aliphatic rings. The average molecular weight is 445 g/mol. The normalized spacial score (nSPS) is 28.2. The number of hydrogen-bond donors (Lipinski definition) is 3. The molecule has 0 spiro atoms. The SMILES string of the molecule is CC1(C)O[C@@H]2[C@@H]([C@H](O)c3ccc(Cl)cc3CO)C[C@@H](n3ccc4c(N)ncnc43)[C@@H]2O1. The number of nitrogens with zero attached hydrogens (tertiary/aromatic N) is 3. The minimum atomic E-state index is -0.851. The molecule has 1 saturated carbocycles. The maximum absolute atomic E-state index is 11.4. The minimum absolute atomic E-state index is 0.108. The van der Waals surface area contributed by atoms with E-state index in [4.69, 9.17) is 26.8 Å². The monoisotopic (exact) mass is 444 g/mol. The topological polar surface area (TPSA) is 116 Å². The number of halogens is 1. The number of fused-ring (bicyclic) bond motifs is 2. The molecule has 2 fully saturated rings. The lowest BCUT2D eigenvalue weighted by atomic mass is 9.89. The highest BCUT2D eigenvalue weighted by atomic mass is 35.5. The first-order valence-electron chi connectivity index (χ1n) is 10.3. The summed E-state index contributed by atoms with van der Waals surface area (Å²) in [4.78, 5) is 8.50. The maximum atomic E-state index is 11.4. The molecular weight excluding hydrogens is 420 g/mol. The molecule has 1 saturated heterocycles. The zero-order valence-electron chi connectivity index (χ0n) is 17.3. The van der Waals surface area contributed by atoms with E-state index in [1.54, 1.807) is 18.2 Å². The Labute approximate surface area is 184 Å². The van der Waals surface area contributed by atoms with Crippen LogP contribution in [0.3, 0.4) is 0 Å². The molecule has 4 N–H and O–H groups in total. The van der Waals surface area contributed by atoms with Crippen molar-refractivity contribution in [2.24, 2.45) is 5.92 Å². The van der Waals surface area contributed by atoms with Gasteiger partial charge in [0.15, 0.2) is 5.79 Å². The van der Waals surface area contributed by atoms with Gasteiger partial charge in [0.1, 0.15) is 23.9 Å². The number of hydrogen-bond acceptors (Lipinski definition) is 7. The number of nitrogens with two attached hydrogens (primary N) is 1. The van der Waals surface area contributed by atoms with Crippen molar-refractivity contribution in [3.05, 3.63) is 52.9 Å².